The van der Waals surface area contributed by atoms with Crippen molar-refractivity contribution in [1.29, 1.82) is 0 Å². The van der Waals surface area contributed by atoms with Crippen LogP contribution in [0, 0.1) is 17.8 Å². The Balaban J connectivity index is 1.59. The van der Waals surface area contributed by atoms with Gasteiger partial charge in [-0.05, 0) is 37.3 Å². The minimum absolute atomic E-state index is 0.0853. The average molecular weight is 422 g/mol. The van der Waals surface area contributed by atoms with Gasteiger partial charge < -0.3 is 9.26 Å². The van der Waals surface area contributed by atoms with Crippen LogP contribution in [0.2, 0.25) is 10.0 Å². The normalized spacial score (nSPS) is 27.0. The smallest absolute Gasteiger partial charge is 0.145 e. The van der Waals surface area contributed by atoms with Crippen molar-refractivity contribution in [2.75, 3.05) is 0 Å². The lowest BCUT2D eigenvalue weighted by molar-refractivity contribution is -0.130. The molecule has 0 saturated heterocycles. The van der Waals surface area contributed by atoms with Gasteiger partial charge in [0.15, 0.2) is 0 Å². The maximum Gasteiger partial charge on any atom is 0.145 e. The Morgan fingerprint density at radius 1 is 1.21 bits per heavy atom. The van der Waals surface area contributed by atoms with E-state index < -0.39 is 0 Å². The van der Waals surface area contributed by atoms with Crippen LogP contribution in [0.4, 0.5) is 0 Å². The van der Waals surface area contributed by atoms with E-state index in [9.17, 15) is 4.79 Å². The number of fused-ring (bicyclic) bond motifs is 2. The molecule has 4 atom stereocenters. The Morgan fingerprint density at radius 2 is 1.93 bits per heavy atom. The number of aromatic nitrogens is 1. The summed E-state index contributed by atoms with van der Waals surface area (Å²) in [4.78, 5) is 12.3. The number of hydrogen-bond acceptors (Lipinski definition) is 4. The zero-order chi connectivity index (χ0) is 20.0. The lowest BCUT2D eigenvalue weighted by Crippen LogP contribution is -2.32. The molecule has 28 heavy (non-hydrogen) atoms. The van der Waals surface area contributed by atoms with E-state index in [0.29, 0.717) is 39.6 Å². The van der Waals surface area contributed by atoms with Gasteiger partial charge in [-0.15, -0.1) is 0 Å². The largest absolute Gasteiger partial charge is 0.373 e. The number of ether oxygens (including phenoxy) is 1. The molecule has 1 aromatic carbocycles. The Labute approximate surface area is 175 Å². The first-order valence-corrected chi connectivity index (χ1v) is 10.7. The highest BCUT2D eigenvalue weighted by Gasteiger charge is 2.46. The van der Waals surface area contributed by atoms with Crippen molar-refractivity contribution in [2.24, 2.45) is 17.8 Å². The number of ketones is 1. The molecule has 2 fully saturated rings. The maximum absolute atomic E-state index is 12.3. The lowest BCUT2D eigenvalue weighted by Gasteiger charge is -2.27. The third-order valence-electron chi connectivity index (χ3n) is 6.18. The fourth-order valence-electron chi connectivity index (χ4n) is 4.74. The van der Waals surface area contributed by atoms with Crippen molar-refractivity contribution < 1.29 is 14.1 Å². The van der Waals surface area contributed by atoms with E-state index in [0.717, 1.165) is 30.6 Å². The maximum atomic E-state index is 12.3. The summed E-state index contributed by atoms with van der Waals surface area (Å²) in [5.74, 6) is 2.14. The first-order chi connectivity index (χ1) is 13.4. The van der Waals surface area contributed by atoms with E-state index in [1.165, 1.54) is 0 Å². The summed E-state index contributed by atoms with van der Waals surface area (Å²) in [7, 11) is 0. The highest BCUT2D eigenvalue weighted by molar-refractivity contribution is 6.39. The van der Waals surface area contributed by atoms with Gasteiger partial charge in [-0.1, -0.05) is 55.2 Å². The molecular formula is C22H25Cl2NO3. The van der Waals surface area contributed by atoms with Gasteiger partial charge in [-0.2, -0.15) is 0 Å². The van der Waals surface area contributed by atoms with Crippen LogP contribution in [0.3, 0.4) is 0 Å². The number of Topliss-reactive ketones (excluding diaryl/α,β-unsaturated/α-hetero) is 1. The summed E-state index contributed by atoms with van der Waals surface area (Å²) in [6.45, 7) is 6.67. The summed E-state index contributed by atoms with van der Waals surface area (Å²) in [6, 6.07) is 5.40. The standard InChI is InChI=1S/C22H25Cl2NO3/c1-11(2)22-16(20(25-28-22)19-17(23)5-4-6-18(19)24)10-27-14-8-13-7-12(3)15(9-14)21(13)26/h4-6,11-15H,7-10H2,1-3H3/t12?,13-,14-,15?/m1/s1. The second-order valence-corrected chi connectivity index (χ2v) is 9.26. The monoisotopic (exact) mass is 421 g/mol. The van der Waals surface area contributed by atoms with E-state index in [-0.39, 0.29) is 23.9 Å². The highest BCUT2D eigenvalue weighted by Crippen LogP contribution is 2.45. The number of carbonyl (C=O) groups excluding carboxylic acids is 1. The van der Waals surface area contributed by atoms with Gasteiger partial charge in [0.25, 0.3) is 0 Å². The molecule has 1 heterocycles. The molecule has 150 valence electrons. The fraction of sp³-hybridized carbons (Fsp3) is 0.545. The minimum Gasteiger partial charge on any atom is -0.373 e. The van der Waals surface area contributed by atoms with Crippen LogP contribution < -0.4 is 0 Å². The van der Waals surface area contributed by atoms with Gasteiger partial charge in [0, 0.05) is 28.9 Å². The van der Waals surface area contributed by atoms with Crippen molar-refractivity contribution in [2.45, 2.75) is 58.7 Å². The number of benzene rings is 1. The summed E-state index contributed by atoms with van der Waals surface area (Å²) in [6.07, 6.45) is 2.70. The van der Waals surface area contributed by atoms with Gasteiger partial charge in [-0.3, -0.25) is 4.79 Å². The lowest BCUT2D eigenvalue weighted by atomic mass is 9.84. The Kier molecular flexibility index (Phi) is 5.56. The van der Waals surface area contributed by atoms with Gasteiger partial charge >= 0.3 is 0 Å². The molecule has 2 saturated carbocycles. The van der Waals surface area contributed by atoms with E-state index in [2.05, 4.69) is 25.9 Å². The summed E-state index contributed by atoms with van der Waals surface area (Å²) in [5, 5.41) is 5.35. The first-order valence-electron chi connectivity index (χ1n) is 9.95. The molecule has 0 aliphatic heterocycles. The minimum atomic E-state index is 0.0853. The summed E-state index contributed by atoms with van der Waals surface area (Å²) < 4.78 is 11.9. The molecule has 0 N–H and O–H groups in total. The molecule has 0 spiro atoms. The quantitative estimate of drug-likeness (QED) is 0.568. The highest BCUT2D eigenvalue weighted by atomic mass is 35.5. The SMILES string of the molecule is CC(C)c1onc(-c2c(Cl)cccc2Cl)c1CO[C@H]1CC2C(=O)[C@H](CC2C)C1. The average Bonchev–Trinajstić information content (AvgIpc) is 3.10. The fourth-order valence-corrected chi connectivity index (χ4v) is 5.32. The molecule has 0 amide bonds. The van der Waals surface area contributed by atoms with Crippen LogP contribution in [0.5, 0.6) is 0 Å². The van der Waals surface area contributed by atoms with Crippen LogP contribution >= 0.6 is 23.2 Å². The molecule has 2 aliphatic carbocycles. The van der Waals surface area contributed by atoms with E-state index >= 15 is 0 Å². The van der Waals surface area contributed by atoms with E-state index in [1.807, 2.05) is 6.07 Å². The Bertz CT molecular complexity index is 872. The molecule has 4 nitrogen and oxygen atoms in total. The van der Waals surface area contributed by atoms with Crippen LogP contribution in [0.25, 0.3) is 11.3 Å². The second kappa shape index (κ2) is 7.81. The predicted octanol–water partition coefficient (Wildman–Crippen LogP) is 6.29. The second-order valence-electron chi connectivity index (χ2n) is 8.45. The predicted molar refractivity (Wildman–Crippen MR) is 110 cm³/mol. The number of rotatable bonds is 5. The summed E-state index contributed by atoms with van der Waals surface area (Å²) in [5.41, 5.74) is 2.21. The van der Waals surface area contributed by atoms with E-state index in [1.54, 1.807) is 12.1 Å². The van der Waals surface area contributed by atoms with Gasteiger partial charge in [0.1, 0.15) is 17.2 Å². The Hall–Kier alpha value is -1.36. The number of halogens is 2. The molecule has 2 unspecified atom stereocenters. The molecule has 2 aromatic rings. The van der Waals surface area contributed by atoms with Crippen LogP contribution in [-0.4, -0.2) is 17.0 Å². The topological polar surface area (TPSA) is 52.3 Å². The molecule has 2 bridgehead atoms. The molecule has 4 rings (SSSR count). The first kappa shape index (κ1) is 19.9. The third kappa shape index (κ3) is 3.51. The van der Waals surface area contributed by atoms with E-state index in [4.69, 9.17) is 32.5 Å². The van der Waals surface area contributed by atoms with Crippen LogP contribution in [0.15, 0.2) is 22.7 Å². The number of carbonyl (C=O) groups is 1. The van der Waals surface area contributed by atoms with Crippen LogP contribution in [-0.2, 0) is 16.1 Å². The van der Waals surface area contributed by atoms with Crippen molar-refractivity contribution >= 4 is 29.0 Å². The number of hydrogen-bond donors (Lipinski definition) is 0. The van der Waals surface area contributed by atoms with Crippen molar-refractivity contribution in [3.63, 3.8) is 0 Å². The molecule has 1 aromatic heterocycles. The van der Waals surface area contributed by atoms with Crippen molar-refractivity contribution in [3.8, 4) is 11.3 Å². The van der Waals surface area contributed by atoms with Crippen LogP contribution in [0.1, 0.15) is 57.3 Å². The van der Waals surface area contributed by atoms with Gasteiger partial charge in [-0.25, -0.2) is 0 Å². The zero-order valence-corrected chi connectivity index (χ0v) is 17.9. The molecule has 2 aliphatic rings. The van der Waals surface area contributed by atoms with Crippen molar-refractivity contribution in [3.05, 3.63) is 39.6 Å². The Morgan fingerprint density at radius 3 is 2.57 bits per heavy atom. The molecule has 0 radical (unpaired) electrons. The molecular weight excluding hydrogens is 397 g/mol. The van der Waals surface area contributed by atoms with Gasteiger partial charge in [0.2, 0.25) is 0 Å². The van der Waals surface area contributed by atoms with Crippen molar-refractivity contribution in [1.82, 2.24) is 5.16 Å². The zero-order valence-electron chi connectivity index (χ0n) is 16.4. The van der Waals surface area contributed by atoms with Gasteiger partial charge in [0.05, 0.1) is 22.8 Å². The molecule has 6 heteroatoms. The third-order valence-corrected chi connectivity index (χ3v) is 6.81. The number of nitrogens with zero attached hydrogens (tertiary/aromatic N) is 1. The summed E-state index contributed by atoms with van der Waals surface area (Å²) >= 11 is 12.8.